The van der Waals surface area contributed by atoms with Gasteiger partial charge in [0.15, 0.2) is 0 Å². The molecule has 3 fully saturated rings. The Morgan fingerprint density at radius 2 is 2.06 bits per heavy atom. The van der Waals surface area contributed by atoms with Crippen molar-refractivity contribution in [3.8, 4) is 0 Å². The predicted octanol–water partition coefficient (Wildman–Crippen LogP) is 2.45. The summed E-state index contributed by atoms with van der Waals surface area (Å²) < 4.78 is 11.8. The molecule has 0 aromatic heterocycles. The van der Waals surface area contributed by atoms with E-state index in [1.165, 1.54) is 11.0 Å². The average molecular weight is 561 g/mol. The van der Waals surface area contributed by atoms with Gasteiger partial charge in [0.05, 0.1) is 30.6 Å². The molecule has 0 aliphatic carbocycles. The topological polar surface area (TPSA) is 96.4 Å². The molecule has 8 nitrogen and oxygen atoms in total. The van der Waals surface area contributed by atoms with Gasteiger partial charge in [0, 0.05) is 17.9 Å². The van der Waals surface area contributed by atoms with Gasteiger partial charge >= 0.3 is 5.97 Å². The Kier molecular flexibility index (Phi) is 8.02. The Labute approximate surface area is 220 Å². The molecule has 1 aromatic rings. The number of carbonyl (C=O) groups is 3. The molecule has 0 radical (unpaired) electrons. The molecule has 1 N–H and O–H groups in total. The van der Waals surface area contributed by atoms with Crippen LogP contribution in [0.3, 0.4) is 0 Å². The fourth-order valence-electron chi connectivity index (χ4n) is 6.03. The minimum Gasteiger partial charge on any atom is -0.461 e. The van der Waals surface area contributed by atoms with E-state index in [1.807, 2.05) is 37.3 Å². The Morgan fingerprint density at radius 3 is 2.67 bits per heavy atom. The van der Waals surface area contributed by atoms with E-state index in [0.717, 1.165) is 5.56 Å². The molecule has 3 aliphatic heterocycles. The first-order chi connectivity index (χ1) is 17.3. The third-order valence-electron chi connectivity index (χ3n) is 7.53. The molecule has 9 heteroatoms. The highest BCUT2D eigenvalue weighted by atomic mass is 79.9. The first kappa shape index (κ1) is 26.6. The minimum atomic E-state index is -1.20. The van der Waals surface area contributed by atoms with Crippen LogP contribution >= 0.6 is 15.9 Å². The predicted molar refractivity (Wildman–Crippen MR) is 137 cm³/mol. The molecule has 36 heavy (non-hydrogen) atoms. The number of rotatable bonds is 11. The molecular weight excluding hydrogens is 528 g/mol. The molecule has 0 saturated carbocycles. The third kappa shape index (κ3) is 4.31. The second kappa shape index (κ2) is 10.9. The summed E-state index contributed by atoms with van der Waals surface area (Å²) in [6, 6.07) is 8.01. The number of esters is 1. The lowest BCUT2D eigenvalue weighted by Crippen LogP contribution is -2.58. The molecule has 4 rings (SSSR count). The zero-order chi connectivity index (χ0) is 26.0. The van der Waals surface area contributed by atoms with E-state index in [2.05, 4.69) is 29.1 Å². The number of amides is 2. The van der Waals surface area contributed by atoms with E-state index < -0.39 is 41.6 Å². The van der Waals surface area contributed by atoms with Crippen molar-refractivity contribution < 1.29 is 29.0 Å². The second-order valence-electron chi connectivity index (χ2n) is 9.57. The van der Waals surface area contributed by atoms with Crippen LogP contribution in [-0.2, 0) is 30.4 Å². The number of aliphatic hydroxyl groups excluding tert-OH is 1. The third-order valence-corrected chi connectivity index (χ3v) is 8.37. The standard InChI is InChI=1S/C27H33BrN2O6/c1-4-12-29(15-17-10-8-7-9-11-17)25(33)23-27-14-19(28)22(36-27)20(26(34)35-13-5-2)21(27)24(32)30(23)18(6-3)16-31/h4-5,7-11,18-23,31H,1-2,6,12-16H2,3H3/t18-,19?,20-,21-,22-,23?,27?/m0/s1. The van der Waals surface area contributed by atoms with Crippen molar-refractivity contribution in [2.75, 3.05) is 19.8 Å². The highest BCUT2D eigenvalue weighted by Crippen LogP contribution is 2.60. The molecule has 3 aliphatic rings. The van der Waals surface area contributed by atoms with E-state index in [0.29, 0.717) is 19.4 Å². The molecule has 1 aromatic carbocycles. The molecule has 3 heterocycles. The van der Waals surface area contributed by atoms with Crippen LogP contribution in [0.15, 0.2) is 55.6 Å². The van der Waals surface area contributed by atoms with E-state index >= 15 is 0 Å². The maximum absolute atomic E-state index is 14.3. The maximum Gasteiger partial charge on any atom is 0.312 e. The summed E-state index contributed by atoms with van der Waals surface area (Å²) in [6.45, 7) is 9.58. The number of alkyl halides is 1. The lowest BCUT2D eigenvalue weighted by atomic mass is 9.70. The average Bonchev–Trinajstić information content (AvgIpc) is 3.47. The first-order valence-electron chi connectivity index (χ1n) is 12.3. The number of likely N-dealkylation sites (tertiary alicyclic amines) is 1. The Hall–Kier alpha value is -2.49. The van der Waals surface area contributed by atoms with Gasteiger partial charge in [-0.25, -0.2) is 0 Å². The van der Waals surface area contributed by atoms with Gasteiger partial charge in [0.25, 0.3) is 0 Å². The van der Waals surface area contributed by atoms with E-state index in [1.54, 1.807) is 11.0 Å². The van der Waals surface area contributed by atoms with Crippen LogP contribution in [0.1, 0.15) is 25.3 Å². The molecule has 3 unspecified atom stereocenters. The smallest absolute Gasteiger partial charge is 0.312 e. The van der Waals surface area contributed by atoms with E-state index in [4.69, 9.17) is 9.47 Å². The molecule has 7 atom stereocenters. The Balaban J connectivity index is 1.77. The van der Waals surface area contributed by atoms with Gasteiger partial charge < -0.3 is 24.4 Å². The maximum atomic E-state index is 14.3. The highest BCUT2D eigenvalue weighted by Gasteiger charge is 2.77. The number of fused-ring (bicyclic) bond motifs is 1. The van der Waals surface area contributed by atoms with Gasteiger partial charge in [0.2, 0.25) is 11.8 Å². The molecule has 2 bridgehead atoms. The Bertz CT molecular complexity index is 1010. The zero-order valence-corrected chi connectivity index (χ0v) is 22.0. The molecular formula is C27H33BrN2O6. The quantitative estimate of drug-likeness (QED) is 0.254. The van der Waals surface area contributed by atoms with Crippen LogP contribution in [-0.4, -0.2) is 81.1 Å². The van der Waals surface area contributed by atoms with E-state index in [-0.39, 0.29) is 36.4 Å². The van der Waals surface area contributed by atoms with Crippen LogP contribution < -0.4 is 0 Å². The minimum absolute atomic E-state index is 0.0212. The second-order valence-corrected chi connectivity index (χ2v) is 10.7. The summed E-state index contributed by atoms with van der Waals surface area (Å²) >= 11 is 3.64. The van der Waals surface area contributed by atoms with Crippen LogP contribution in [0.25, 0.3) is 0 Å². The monoisotopic (exact) mass is 560 g/mol. The van der Waals surface area contributed by atoms with Gasteiger partial charge in [-0.3, -0.25) is 14.4 Å². The fraction of sp³-hybridized carbons (Fsp3) is 0.519. The van der Waals surface area contributed by atoms with Crippen molar-refractivity contribution in [3.05, 3.63) is 61.2 Å². The lowest BCUT2D eigenvalue weighted by Gasteiger charge is -2.39. The number of benzene rings is 1. The van der Waals surface area contributed by atoms with Crippen LogP contribution in [0, 0.1) is 11.8 Å². The SMILES string of the molecule is C=CCOC(=O)[C@H]1[C@H]2C(=O)N([C@@H](CC)CO)C(C(=O)N(CC=C)Cc3ccccc3)C23CC(Br)[C@@H]1O3. The van der Waals surface area contributed by atoms with Crippen LogP contribution in [0.4, 0.5) is 0 Å². The zero-order valence-electron chi connectivity index (χ0n) is 20.4. The van der Waals surface area contributed by atoms with Crippen LogP contribution in [0.2, 0.25) is 0 Å². The molecule has 1 spiro atoms. The normalized spacial score (nSPS) is 31.1. The first-order valence-corrected chi connectivity index (χ1v) is 13.2. The van der Waals surface area contributed by atoms with Crippen molar-refractivity contribution in [3.63, 3.8) is 0 Å². The van der Waals surface area contributed by atoms with Crippen LogP contribution in [0.5, 0.6) is 0 Å². The van der Waals surface area contributed by atoms with Gasteiger partial charge in [0.1, 0.15) is 18.2 Å². The van der Waals surface area contributed by atoms with Crippen molar-refractivity contribution in [2.45, 2.75) is 54.9 Å². The molecule has 2 amide bonds. The summed E-state index contributed by atoms with van der Waals surface area (Å²) in [5.74, 6) is -2.90. The van der Waals surface area contributed by atoms with Crippen molar-refractivity contribution in [1.29, 1.82) is 0 Å². The molecule has 194 valence electrons. The van der Waals surface area contributed by atoms with Gasteiger partial charge in [-0.15, -0.1) is 6.58 Å². The Morgan fingerprint density at radius 1 is 1.33 bits per heavy atom. The highest BCUT2D eigenvalue weighted by molar-refractivity contribution is 9.09. The number of halogens is 1. The molecule has 3 saturated heterocycles. The number of hydrogen-bond donors (Lipinski definition) is 1. The summed E-state index contributed by atoms with van der Waals surface area (Å²) in [7, 11) is 0. The summed E-state index contributed by atoms with van der Waals surface area (Å²) in [5.41, 5.74) is -0.267. The van der Waals surface area contributed by atoms with Gasteiger partial charge in [-0.05, 0) is 18.4 Å². The largest absolute Gasteiger partial charge is 0.461 e. The van der Waals surface area contributed by atoms with Gasteiger partial charge in [-0.2, -0.15) is 0 Å². The lowest BCUT2D eigenvalue weighted by molar-refractivity contribution is -0.155. The van der Waals surface area contributed by atoms with Crippen molar-refractivity contribution >= 4 is 33.7 Å². The van der Waals surface area contributed by atoms with Gasteiger partial charge in [-0.1, -0.05) is 71.9 Å². The number of hydrogen-bond acceptors (Lipinski definition) is 6. The summed E-state index contributed by atoms with van der Waals surface area (Å²) in [6.07, 6.45) is 3.36. The number of aliphatic hydroxyl groups is 1. The summed E-state index contributed by atoms with van der Waals surface area (Å²) in [4.78, 5) is 44.3. The van der Waals surface area contributed by atoms with Crippen molar-refractivity contribution in [1.82, 2.24) is 9.80 Å². The van der Waals surface area contributed by atoms with Crippen molar-refractivity contribution in [2.24, 2.45) is 11.8 Å². The fourth-order valence-corrected chi connectivity index (χ4v) is 6.97. The van der Waals surface area contributed by atoms with E-state index in [9.17, 15) is 19.5 Å². The number of nitrogens with zero attached hydrogens (tertiary/aromatic N) is 2. The number of carbonyl (C=O) groups excluding carboxylic acids is 3. The number of ether oxygens (including phenoxy) is 2. The summed E-state index contributed by atoms with van der Waals surface area (Å²) in [5, 5.41) is 10.2.